The highest BCUT2D eigenvalue weighted by molar-refractivity contribution is 8.14. The summed E-state index contributed by atoms with van der Waals surface area (Å²) in [4.78, 5) is 0. The van der Waals surface area contributed by atoms with E-state index >= 15 is 0 Å². The van der Waals surface area contributed by atoms with Gasteiger partial charge in [-0.25, -0.2) is 0 Å². The molecule has 1 N–H and O–H groups in total. The minimum atomic E-state index is 0.877. The van der Waals surface area contributed by atoms with Crippen molar-refractivity contribution in [1.29, 1.82) is 0 Å². The summed E-state index contributed by atoms with van der Waals surface area (Å²) in [6.45, 7) is 0. The van der Waals surface area contributed by atoms with Crippen LogP contribution in [0.3, 0.4) is 0 Å². The monoisotopic (exact) mass is 214 g/mol. The maximum absolute atomic E-state index is 4.24. The zero-order valence-corrected chi connectivity index (χ0v) is 8.92. The molecule has 0 atom stereocenters. The van der Waals surface area contributed by atoms with Crippen molar-refractivity contribution >= 4 is 27.6 Å². The number of rotatable bonds is 1. The molecule has 2 aromatic carbocycles. The van der Waals surface area contributed by atoms with Gasteiger partial charge in [0.2, 0.25) is 0 Å². The molecule has 3 rings (SSSR count). The second kappa shape index (κ2) is 3.59. The van der Waals surface area contributed by atoms with E-state index in [-0.39, 0.29) is 0 Å². The number of benzene rings is 2. The van der Waals surface area contributed by atoms with E-state index in [2.05, 4.69) is 53.0 Å². The molecule has 15 heavy (non-hydrogen) atoms. The lowest BCUT2D eigenvalue weighted by molar-refractivity contribution is 0.893. The van der Waals surface area contributed by atoms with E-state index in [9.17, 15) is 0 Å². The minimum Gasteiger partial charge on any atom is -0.299 e. The fourth-order valence-corrected chi connectivity index (χ4v) is 2.40. The van der Waals surface area contributed by atoms with Crippen LogP contribution < -0.4 is 5.43 Å². The number of thioether (sulfide) groups is 1. The summed E-state index contributed by atoms with van der Waals surface area (Å²) < 4.78 is 0. The quantitative estimate of drug-likeness (QED) is 0.789. The van der Waals surface area contributed by atoms with Crippen LogP contribution in [0.15, 0.2) is 47.6 Å². The molecule has 0 aliphatic carbocycles. The van der Waals surface area contributed by atoms with Gasteiger partial charge in [0, 0.05) is 5.56 Å². The Labute approximate surface area is 92.4 Å². The topological polar surface area (TPSA) is 24.4 Å². The van der Waals surface area contributed by atoms with E-state index in [1.165, 1.54) is 16.3 Å². The highest BCUT2D eigenvalue weighted by Gasteiger charge is 2.09. The van der Waals surface area contributed by atoms with Gasteiger partial charge in [0.15, 0.2) is 0 Å². The van der Waals surface area contributed by atoms with Crippen molar-refractivity contribution in [2.24, 2.45) is 5.10 Å². The Morgan fingerprint density at radius 1 is 1.07 bits per heavy atom. The highest BCUT2D eigenvalue weighted by atomic mass is 32.2. The van der Waals surface area contributed by atoms with E-state index in [4.69, 9.17) is 0 Å². The molecule has 0 amide bonds. The predicted molar refractivity (Wildman–Crippen MR) is 66.1 cm³/mol. The van der Waals surface area contributed by atoms with Crippen LogP contribution in [0.4, 0.5) is 0 Å². The Balaban J connectivity index is 2.13. The first-order valence-electron chi connectivity index (χ1n) is 4.86. The van der Waals surface area contributed by atoms with Gasteiger partial charge in [-0.2, -0.15) is 5.10 Å². The Bertz CT molecular complexity index is 534. The molecular weight excluding hydrogens is 204 g/mol. The number of fused-ring (bicyclic) bond motifs is 1. The number of hydrazone groups is 1. The molecule has 0 fully saturated rings. The van der Waals surface area contributed by atoms with Crippen LogP contribution in [0.2, 0.25) is 0 Å². The Hall–Kier alpha value is -1.48. The molecule has 1 aliphatic heterocycles. The molecule has 3 heteroatoms. The molecule has 1 aliphatic rings. The summed E-state index contributed by atoms with van der Waals surface area (Å²) in [6.07, 6.45) is 0. The largest absolute Gasteiger partial charge is 0.299 e. The SMILES string of the molecule is c1ccc2cc(C3=NNCS3)ccc2c1. The first kappa shape index (κ1) is 8.80. The first-order chi connectivity index (χ1) is 7.43. The zero-order chi connectivity index (χ0) is 10.1. The van der Waals surface area contributed by atoms with E-state index in [0.717, 1.165) is 10.9 Å². The van der Waals surface area contributed by atoms with E-state index in [0.29, 0.717) is 0 Å². The second-order valence-electron chi connectivity index (χ2n) is 3.43. The predicted octanol–water partition coefficient (Wildman–Crippen LogP) is 2.80. The normalized spacial score (nSPS) is 15.1. The summed E-state index contributed by atoms with van der Waals surface area (Å²) >= 11 is 1.74. The summed E-state index contributed by atoms with van der Waals surface area (Å²) in [5.74, 6) is 0.877. The lowest BCUT2D eigenvalue weighted by atomic mass is 10.1. The maximum Gasteiger partial charge on any atom is 0.125 e. The van der Waals surface area contributed by atoms with Gasteiger partial charge in [0.25, 0.3) is 0 Å². The van der Waals surface area contributed by atoms with Crippen molar-refractivity contribution in [3.05, 3.63) is 48.0 Å². The molecule has 0 bridgehead atoms. The fraction of sp³-hybridized carbons (Fsp3) is 0.0833. The van der Waals surface area contributed by atoms with Gasteiger partial charge in [-0.1, -0.05) is 48.2 Å². The maximum atomic E-state index is 4.24. The van der Waals surface area contributed by atoms with Gasteiger partial charge >= 0.3 is 0 Å². The molecule has 0 aromatic heterocycles. The third kappa shape index (κ3) is 1.59. The molecule has 0 radical (unpaired) electrons. The molecule has 2 aromatic rings. The fourth-order valence-electron chi connectivity index (χ4n) is 1.71. The zero-order valence-electron chi connectivity index (χ0n) is 8.10. The van der Waals surface area contributed by atoms with Crippen molar-refractivity contribution < 1.29 is 0 Å². The lowest BCUT2D eigenvalue weighted by Crippen LogP contribution is -1.94. The van der Waals surface area contributed by atoms with Crippen molar-refractivity contribution in [2.75, 3.05) is 5.88 Å². The van der Waals surface area contributed by atoms with E-state index < -0.39 is 0 Å². The summed E-state index contributed by atoms with van der Waals surface area (Å²) in [5.41, 5.74) is 4.17. The minimum absolute atomic E-state index is 0.877. The molecule has 0 saturated heterocycles. The molecule has 0 unspecified atom stereocenters. The van der Waals surface area contributed by atoms with Crippen LogP contribution in [0.1, 0.15) is 5.56 Å². The third-order valence-corrected chi connectivity index (χ3v) is 3.32. The second-order valence-corrected chi connectivity index (χ2v) is 4.39. The van der Waals surface area contributed by atoms with Gasteiger partial charge in [-0.3, -0.25) is 5.43 Å². The summed E-state index contributed by atoms with van der Waals surface area (Å²) in [6, 6.07) is 14.8. The Morgan fingerprint density at radius 3 is 2.73 bits per heavy atom. The molecule has 0 spiro atoms. The lowest BCUT2D eigenvalue weighted by Gasteiger charge is -2.01. The molecular formula is C12H10N2S. The van der Waals surface area contributed by atoms with Crippen molar-refractivity contribution in [2.45, 2.75) is 0 Å². The number of nitrogens with zero attached hydrogens (tertiary/aromatic N) is 1. The Kier molecular flexibility index (Phi) is 2.10. The third-order valence-electron chi connectivity index (χ3n) is 2.45. The molecule has 0 saturated carbocycles. The average molecular weight is 214 g/mol. The number of hydrogen-bond donors (Lipinski definition) is 1. The van der Waals surface area contributed by atoms with Gasteiger partial charge in [0.05, 0.1) is 5.88 Å². The van der Waals surface area contributed by atoms with Crippen LogP contribution in [-0.2, 0) is 0 Å². The van der Waals surface area contributed by atoms with Crippen LogP contribution in [0.25, 0.3) is 10.8 Å². The average Bonchev–Trinajstić information content (AvgIpc) is 2.82. The van der Waals surface area contributed by atoms with Crippen molar-refractivity contribution in [3.8, 4) is 0 Å². The molecule has 1 heterocycles. The van der Waals surface area contributed by atoms with Gasteiger partial charge in [-0.05, 0) is 16.8 Å². The summed E-state index contributed by atoms with van der Waals surface area (Å²) in [7, 11) is 0. The van der Waals surface area contributed by atoms with Crippen LogP contribution >= 0.6 is 11.8 Å². The standard InChI is InChI=1S/C12H10N2S/c1-2-4-10-7-11(6-5-9(10)3-1)12-14-13-8-15-12/h1-7,13H,8H2. The molecule has 74 valence electrons. The van der Waals surface area contributed by atoms with E-state index in [1.807, 2.05) is 0 Å². The first-order valence-corrected chi connectivity index (χ1v) is 5.84. The van der Waals surface area contributed by atoms with Gasteiger partial charge < -0.3 is 0 Å². The number of hydrogen-bond acceptors (Lipinski definition) is 3. The van der Waals surface area contributed by atoms with Crippen LogP contribution in [0.5, 0.6) is 0 Å². The van der Waals surface area contributed by atoms with E-state index in [1.54, 1.807) is 11.8 Å². The number of nitrogens with one attached hydrogen (secondary N) is 1. The molecule has 2 nitrogen and oxygen atoms in total. The highest BCUT2D eigenvalue weighted by Crippen LogP contribution is 2.21. The summed E-state index contributed by atoms with van der Waals surface area (Å²) in [5, 5.41) is 7.87. The van der Waals surface area contributed by atoms with Gasteiger partial charge in [-0.15, -0.1) is 0 Å². The van der Waals surface area contributed by atoms with Crippen molar-refractivity contribution in [1.82, 2.24) is 5.43 Å². The van der Waals surface area contributed by atoms with Crippen LogP contribution in [0, 0.1) is 0 Å². The van der Waals surface area contributed by atoms with Crippen LogP contribution in [-0.4, -0.2) is 10.9 Å². The smallest absolute Gasteiger partial charge is 0.125 e. The Morgan fingerprint density at radius 2 is 1.93 bits per heavy atom. The van der Waals surface area contributed by atoms with Gasteiger partial charge in [0.1, 0.15) is 5.04 Å². The van der Waals surface area contributed by atoms with Crippen molar-refractivity contribution in [3.63, 3.8) is 0 Å².